The fourth-order valence-electron chi connectivity index (χ4n) is 1.34. The Hall–Kier alpha value is -0.133. The first-order valence-electron chi connectivity index (χ1n) is 5.95. The largest absolute Gasteiger partial charge is 0.416 e. The van der Waals surface area contributed by atoms with Gasteiger partial charge in [-0.1, -0.05) is 20.8 Å². The Morgan fingerprint density at radius 3 is 2.41 bits per heavy atom. The summed E-state index contributed by atoms with van der Waals surface area (Å²) in [6.45, 7) is 12.1. The van der Waals surface area contributed by atoms with Crippen LogP contribution in [-0.2, 0) is 17.9 Å². The molecule has 0 aliphatic heterocycles. The van der Waals surface area contributed by atoms with Crippen LogP contribution in [0, 0.1) is 0 Å². The molecule has 5 heteroatoms. The molecule has 0 aliphatic rings. The summed E-state index contributed by atoms with van der Waals surface area (Å²) in [7, 11) is 0.347. The van der Waals surface area contributed by atoms with E-state index in [-0.39, 0.29) is 5.04 Å². The van der Waals surface area contributed by atoms with Crippen LogP contribution in [0.5, 0.6) is 0 Å². The Balaban J connectivity index is 2.54. The SMILES string of the molecule is Cn1ncc(Br)c1CCO[Si](C)(C)C(C)(C)C. The number of hydrogen-bond acceptors (Lipinski definition) is 2. The molecule has 17 heavy (non-hydrogen) atoms. The summed E-state index contributed by atoms with van der Waals surface area (Å²) in [5.41, 5.74) is 1.20. The molecule has 0 amide bonds. The van der Waals surface area contributed by atoms with Crippen LogP contribution in [-0.4, -0.2) is 24.7 Å². The zero-order chi connectivity index (χ0) is 13.3. The maximum absolute atomic E-state index is 6.15. The van der Waals surface area contributed by atoms with E-state index in [2.05, 4.69) is 54.9 Å². The monoisotopic (exact) mass is 318 g/mol. The fourth-order valence-corrected chi connectivity index (χ4v) is 2.93. The minimum atomic E-state index is -1.62. The van der Waals surface area contributed by atoms with E-state index in [0.29, 0.717) is 0 Å². The van der Waals surface area contributed by atoms with E-state index in [1.165, 1.54) is 5.69 Å². The van der Waals surface area contributed by atoms with Gasteiger partial charge in [0, 0.05) is 20.1 Å². The first-order valence-corrected chi connectivity index (χ1v) is 9.65. The number of rotatable bonds is 4. The maximum Gasteiger partial charge on any atom is 0.191 e. The van der Waals surface area contributed by atoms with Gasteiger partial charge in [0.15, 0.2) is 8.32 Å². The highest BCUT2D eigenvalue weighted by atomic mass is 79.9. The number of aryl methyl sites for hydroxylation is 1. The molecule has 1 aromatic rings. The van der Waals surface area contributed by atoms with Gasteiger partial charge in [0.25, 0.3) is 0 Å². The topological polar surface area (TPSA) is 27.1 Å². The Bertz CT molecular complexity index is 363. The molecule has 1 aromatic heterocycles. The minimum absolute atomic E-state index is 0.274. The Kier molecular flexibility index (Phi) is 4.60. The second-order valence-electron chi connectivity index (χ2n) is 5.92. The van der Waals surface area contributed by atoms with E-state index >= 15 is 0 Å². The summed E-state index contributed by atoms with van der Waals surface area (Å²) in [6.07, 6.45) is 2.74. The molecule has 0 N–H and O–H groups in total. The molecule has 3 nitrogen and oxygen atoms in total. The molecule has 0 saturated heterocycles. The van der Waals surface area contributed by atoms with E-state index < -0.39 is 8.32 Å². The van der Waals surface area contributed by atoms with E-state index in [1.807, 2.05) is 17.9 Å². The first kappa shape index (κ1) is 14.9. The molecule has 0 aliphatic carbocycles. The molecule has 0 unspecified atom stereocenters. The van der Waals surface area contributed by atoms with Crippen molar-refractivity contribution in [1.82, 2.24) is 9.78 Å². The smallest absolute Gasteiger partial charge is 0.191 e. The third-order valence-electron chi connectivity index (χ3n) is 3.62. The minimum Gasteiger partial charge on any atom is -0.416 e. The quantitative estimate of drug-likeness (QED) is 0.790. The normalized spacial score (nSPS) is 13.1. The molecule has 0 atom stereocenters. The van der Waals surface area contributed by atoms with Crippen molar-refractivity contribution in [1.29, 1.82) is 0 Å². The van der Waals surface area contributed by atoms with Crippen LogP contribution in [0.4, 0.5) is 0 Å². The third-order valence-corrected chi connectivity index (χ3v) is 8.82. The number of halogens is 1. The van der Waals surface area contributed by atoms with Crippen molar-refractivity contribution in [2.24, 2.45) is 7.05 Å². The van der Waals surface area contributed by atoms with E-state index in [0.717, 1.165) is 17.5 Å². The molecule has 0 aromatic carbocycles. The van der Waals surface area contributed by atoms with E-state index in [1.54, 1.807) is 0 Å². The van der Waals surface area contributed by atoms with Crippen LogP contribution in [0.2, 0.25) is 18.1 Å². The number of hydrogen-bond donors (Lipinski definition) is 0. The Morgan fingerprint density at radius 1 is 1.41 bits per heavy atom. The van der Waals surface area contributed by atoms with Crippen LogP contribution in [0.3, 0.4) is 0 Å². The molecule has 1 rings (SSSR count). The lowest BCUT2D eigenvalue weighted by Gasteiger charge is -2.36. The first-order chi connectivity index (χ1) is 7.65. The van der Waals surface area contributed by atoms with Gasteiger partial charge < -0.3 is 4.43 Å². The van der Waals surface area contributed by atoms with Crippen molar-refractivity contribution in [3.63, 3.8) is 0 Å². The molecular weight excluding hydrogens is 296 g/mol. The van der Waals surface area contributed by atoms with Crippen molar-refractivity contribution in [3.8, 4) is 0 Å². The van der Waals surface area contributed by atoms with Gasteiger partial charge in [-0.05, 0) is 34.1 Å². The lowest BCUT2D eigenvalue weighted by atomic mass is 10.2. The van der Waals surface area contributed by atoms with Gasteiger partial charge in [-0.2, -0.15) is 5.10 Å². The summed E-state index contributed by atoms with van der Waals surface area (Å²) in [4.78, 5) is 0. The highest BCUT2D eigenvalue weighted by molar-refractivity contribution is 9.10. The van der Waals surface area contributed by atoms with Crippen molar-refractivity contribution in [3.05, 3.63) is 16.4 Å². The lowest BCUT2D eigenvalue weighted by Crippen LogP contribution is -2.41. The van der Waals surface area contributed by atoms with Gasteiger partial charge >= 0.3 is 0 Å². The zero-order valence-electron chi connectivity index (χ0n) is 11.7. The van der Waals surface area contributed by atoms with Crippen LogP contribution in [0.1, 0.15) is 26.5 Å². The highest BCUT2D eigenvalue weighted by Crippen LogP contribution is 2.36. The average molecular weight is 319 g/mol. The zero-order valence-corrected chi connectivity index (χ0v) is 14.3. The maximum atomic E-state index is 6.15. The van der Waals surface area contributed by atoms with E-state index in [9.17, 15) is 0 Å². The molecule has 0 radical (unpaired) electrons. The standard InChI is InChI=1S/C12H23BrN2OSi/c1-12(2,3)17(5,6)16-8-7-11-10(13)9-14-15(11)4/h9H,7-8H2,1-6H3. The van der Waals surface area contributed by atoms with Gasteiger partial charge in [-0.25, -0.2) is 0 Å². The molecule has 98 valence electrons. The fraction of sp³-hybridized carbons (Fsp3) is 0.750. The van der Waals surface area contributed by atoms with Gasteiger partial charge in [-0.3, -0.25) is 4.68 Å². The van der Waals surface area contributed by atoms with Gasteiger partial charge in [0.2, 0.25) is 0 Å². The molecule has 1 heterocycles. The molecule has 0 fully saturated rings. The van der Waals surface area contributed by atoms with E-state index in [4.69, 9.17) is 4.43 Å². The van der Waals surface area contributed by atoms with Gasteiger partial charge in [0.1, 0.15) is 0 Å². The molecular formula is C12H23BrN2OSi. The average Bonchev–Trinajstić information content (AvgIpc) is 2.47. The van der Waals surface area contributed by atoms with Crippen molar-refractivity contribution in [2.45, 2.75) is 45.3 Å². The van der Waals surface area contributed by atoms with Gasteiger partial charge in [0.05, 0.1) is 16.4 Å². The lowest BCUT2D eigenvalue weighted by molar-refractivity contribution is 0.289. The van der Waals surface area contributed by atoms with Crippen molar-refractivity contribution >= 4 is 24.2 Å². The van der Waals surface area contributed by atoms with Crippen molar-refractivity contribution < 1.29 is 4.43 Å². The summed E-state index contributed by atoms with van der Waals surface area (Å²) >= 11 is 3.51. The third kappa shape index (κ3) is 3.66. The van der Waals surface area contributed by atoms with Crippen molar-refractivity contribution in [2.75, 3.05) is 6.61 Å². The highest BCUT2D eigenvalue weighted by Gasteiger charge is 2.36. The second-order valence-corrected chi connectivity index (χ2v) is 11.6. The van der Waals surface area contributed by atoms with Crippen LogP contribution >= 0.6 is 15.9 Å². The predicted octanol–water partition coefficient (Wildman–Crippen LogP) is 3.75. The number of nitrogens with zero attached hydrogens (tertiary/aromatic N) is 2. The summed E-state index contributed by atoms with van der Waals surface area (Å²) in [5.74, 6) is 0. The molecule has 0 bridgehead atoms. The molecule has 0 saturated carbocycles. The Morgan fingerprint density at radius 2 is 2.00 bits per heavy atom. The molecule has 0 spiro atoms. The van der Waals surface area contributed by atoms with Crippen LogP contribution in [0.15, 0.2) is 10.7 Å². The van der Waals surface area contributed by atoms with Crippen LogP contribution in [0.25, 0.3) is 0 Å². The Labute approximate surface area is 114 Å². The number of aromatic nitrogens is 2. The summed E-state index contributed by atoms with van der Waals surface area (Å²) < 4.78 is 9.12. The van der Waals surface area contributed by atoms with Crippen LogP contribution < -0.4 is 0 Å². The summed E-state index contributed by atoms with van der Waals surface area (Å²) in [5, 5.41) is 4.48. The summed E-state index contributed by atoms with van der Waals surface area (Å²) in [6, 6.07) is 0. The van der Waals surface area contributed by atoms with Gasteiger partial charge in [-0.15, -0.1) is 0 Å². The predicted molar refractivity (Wildman–Crippen MR) is 77.8 cm³/mol. The second kappa shape index (κ2) is 5.24.